The van der Waals surface area contributed by atoms with Crippen molar-refractivity contribution in [3.63, 3.8) is 0 Å². The SMILES string of the molecule is COC(=O)C(CC(C)C)NCCCCCNC(C)CC(C)C. The molecule has 0 aliphatic rings. The van der Waals surface area contributed by atoms with Gasteiger partial charge in [-0.3, -0.25) is 4.79 Å². The molecule has 0 saturated heterocycles. The zero-order valence-electron chi connectivity index (χ0n) is 15.6. The predicted octanol–water partition coefficient (Wildman–Crippen LogP) is 3.36. The van der Waals surface area contributed by atoms with Gasteiger partial charge in [0.15, 0.2) is 0 Å². The average Bonchev–Trinajstić information content (AvgIpc) is 2.42. The molecule has 0 aliphatic carbocycles. The van der Waals surface area contributed by atoms with Gasteiger partial charge in [0.25, 0.3) is 0 Å². The van der Waals surface area contributed by atoms with Gasteiger partial charge in [-0.25, -0.2) is 0 Å². The zero-order chi connectivity index (χ0) is 17.0. The van der Waals surface area contributed by atoms with E-state index in [1.165, 1.54) is 26.4 Å². The maximum absolute atomic E-state index is 11.7. The topological polar surface area (TPSA) is 50.4 Å². The molecule has 0 spiro atoms. The highest BCUT2D eigenvalue weighted by atomic mass is 16.5. The molecular formula is C18H38N2O2. The third-order valence-electron chi connectivity index (χ3n) is 3.75. The third-order valence-corrected chi connectivity index (χ3v) is 3.75. The van der Waals surface area contributed by atoms with Crippen LogP contribution in [0.2, 0.25) is 0 Å². The summed E-state index contributed by atoms with van der Waals surface area (Å²) in [5.74, 6) is 1.10. The van der Waals surface area contributed by atoms with Crippen molar-refractivity contribution in [3.05, 3.63) is 0 Å². The normalized spacial score (nSPS) is 14.4. The maximum Gasteiger partial charge on any atom is 0.322 e. The van der Waals surface area contributed by atoms with Crippen molar-refractivity contribution >= 4 is 5.97 Å². The molecule has 0 rings (SSSR count). The standard InChI is InChI=1S/C18H38N2O2/c1-14(2)12-16(5)19-10-8-7-9-11-20-17(13-15(3)4)18(21)22-6/h14-17,19-20H,7-13H2,1-6H3. The van der Waals surface area contributed by atoms with Gasteiger partial charge in [-0.05, 0) is 57.5 Å². The minimum absolute atomic E-state index is 0.141. The second kappa shape index (κ2) is 12.9. The Kier molecular flexibility index (Phi) is 12.5. The summed E-state index contributed by atoms with van der Waals surface area (Å²) >= 11 is 0. The van der Waals surface area contributed by atoms with Crippen LogP contribution in [0, 0.1) is 11.8 Å². The van der Waals surface area contributed by atoms with Crippen molar-refractivity contribution in [2.24, 2.45) is 11.8 Å². The van der Waals surface area contributed by atoms with Gasteiger partial charge in [-0.15, -0.1) is 0 Å². The number of ether oxygens (including phenoxy) is 1. The van der Waals surface area contributed by atoms with Crippen LogP contribution in [0.25, 0.3) is 0 Å². The molecule has 132 valence electrons. The highest BCUT2D eigenvalue weighted by molar-refractivity contribution is 5.75. The van der Waals surface area contributed by atoms with Crippen LogP contribution in [-0.4, -0.2) is 38.3 Å². The maximum atomic E-state index is 11.7. The molecule has 0 heterocycles. The van der Waals surface area contributed by atoms with E-state index in [4.69, 9.17) is 4.74 Å². The molecule has 4 heteroatoms. The van der Waals surface area contributed by atoms with Crippen LogP contribution in [0.3, 0.4) is 0 Å². The van der Waals surface area contributed by atoms with Crippen molar-refractivity contribution in [2.75, 3.05) is 20.2 Å². The lowest BCUT2D eigenvalue weighted by molar-refractivity contribution is -0.143. The number of methoxy groups -OCH3 is 1. The van der Waals surface area contributed by atoms with Gasteiger partial charge in [0.05, 0.1) is 7.11 Å². The fraction of sp³-hybridized carbons (Fsp3) is 0.944. The summed E-state index contributed by atoms with van der Waals surface area (Å²) in [6.07, 6.45) is 5.55. The van der Waals surface area contributed by atoms with Crippen molar-refractivity contribution in [3.8, 4) is 0 Å². The summed E-state index contributed by atoms with van der Waals surface area (Å²) in [6, 6.07) is 0.446. The first kappa shape index (κ1) is 21.4. The molecule has 4 nitrogen and oxygen atoms in total. The summed E-state index contributed by atoms with van der Waals surface area (Å²) in [4.78, 5) is 11.7. The first-order valence-corrected chi connectivity index (χ1v) is 8.91. The molecule has 22 heavy (non-hydrogen) atoms. The number of hydrogen-bond acceptors (Lipinski definition) is 4. The number of nitrogens with one attached hydrogen (secondary N) is 2. The van der Waals surface area contributed by atoms with E-state index in [0.29, 0.717) is 12.0 Å². The molecule has 0 aromatic heterocycles. The van der Waals surface area contributed by atoms with Crippen molar-refractivity contribution < 1.29 is 9.53 Å². The van der Waals surface area contributed by atoms with Gasteiger partial charge >= 0.3 is 5.97 Å². The Hall–Kier alpha value is -0.610. The summed E-state index contributed by atoms with van der Waals surface area (Å²) in [6.45, 7) is 13.0. The molecule has 0 amide bonds. The van der Waals surface area contributed by atoms with Gasteiger partial charge in [-0.2, -0.15) is 0 Å². The van der Waals surface area contributed by atoms with Gasteiger partial charge in [0.1, 0.15) is 6.04 Å². The number of hydrogen-bond donors (Lipinski definition) is 2. The van der Waals surface area contributed by atoms with Crippen molar-refractivity contribution in [2.45, 2.75) is 78.8 Å². The molecule has 0 fully saturated rings. The van der Waals surface area contributed by atoms with E-state index < -0.39 is 0 Å². The van der Waals surface area contributed by atoms with Crippen molar-refractivity contribution in [1.82, 2.24) is 10.6 Å². The summed E-state index contributed by atoms with van der Waals surface area (Å²) < 4.78 is 4.86. The Morgan fingerprint density at radius 3 is 1.91 bits per heavy atom. The number of unbranched alkanes of at least 4 members (excludes halogenated alkanes) is 2. The van der Waals surface area contributed by atoms with Crippen LogP contribution >= 0.6 is 0 Å². The summed E-state index contributed by atoms with van der Waals surface area (Å²) in [5, 5.41) is 6.91. The smallest absolute Gasteiger partial charge is 0.322 e. The van der Waals surface area contributed by atoms with E-state index in [1.54, 1.807) is 0 Å². The minimum atomic E-state index is -0.158. The van der Waals surface area contributed by atoms with E-state index in [-0.39, 0.29) is 12.0 Å². The van der Waals surface area contributed by atoms with Gasteiger partial charge < -0.3 is 15.4 Å². The zero-order valence-corrected chi connectivity index (χ0v) is 15.6. The number of rotatable bonds is 13. The molecule has 0 aromatic rings. The fourth-order valence-electron chi connectivity index (χ4n) is 2.72. The van der Waals surface area contributed by atoms with E-state index in [2.05, 4.69) is 45.3 Å². The molecule has 0 saturated carbocycles. The van der Waals surface area contributed by atoms with Crippen LogP contribution in [0.4, 0.5) is 0 Å². The summed E-state index contributed by atoms with van der Waals surface area (Å²) in [5.41, 5.74) is 0. The molecule has 0 bridgehead atoms. The number of carbonyl (C=O) groups excluding carboxylic acids is 1. The summed E-state index contributed by atoms with van der Waals surface area (Å²) in [7, 11) is 1.46. The van der Waals surface area contributed by atoms with E-state index in [9.17, 15) is 4.79 Å². The lowest BCUT2D eigenvalue weighted by atomic mass is 10.0. The van der Waals surface area contributed by atoms with Gasteiger partial charge in [-0.1, -0.05) is 34.1 Å². The molecule has 2 atom stereocenters. The average molecular weight is 315 g/mol. The van der Waals surface area contributed by atoms with E-state index in [0.717, 1.165) is 31.8 Å². The molecular weight excluding hydrogens is 276 g/mol. The Morgan fingerprint density at radius 1 is 0.864 bits per heavy atom. The fourth-order valence-corrected chi connectivity index (χ4v) is 2.72. The second-order valence-electron chi connectivity index (χ2n) is 7.20. The first-order chi connectivity index (χ1) is 10.4. The van der Waals surface area contributed by atoms with Gasteiger partial charge in [0.2, 0.25) is 0 Å². The third kappa shape index (κ3) is 12.0. The quantitative estimate of drug-likeness (QED) is 0.404. The Bertz CT molecular complexity index is 280. The highest BCUT2D eigenvalue weighted by Gasteiger charge is 2.19. The monoisotopic (exact) mass is 314 g/mol. The van der Waals surface area contributed by atoms with Crippen LogP contribution in [0.1, 0.15) is 66.7 Å². The minimum Gasteiger partial charge on any atom is -0.468 e. The van der Waals surface area contributed by atoms with Crippen LogP contribution < -0.4 is 10.6 Å². The van der Waals surface area contributed by atoms with Crippen LogP contribution in [0.5, 0.6) is 0 Å². The molecule has 0 radical (unpaired) electrons. The predicted molar refractivity (Wildman–Crippen MR) is 94.0 cm³/mol. The van der Waals surface area contributed by atoms with Crippen LogP contribution in [-0.2, 0) is 9.53 Å². The Balaban J connectivity index is 3.67. The van der Waals surface area contributed by atoms with E-state index >= 15 is 0 Å². The highest BCUT2D eigenvalue weighted by Crippen LogP contribution is 2.07. The van der Waals surface area contributed by atoms with Crippen molar-refractivity contribution in [1.29, 1.82) is 0 Å². The molecule has 0 aromatic carbocycles. The lowest BCUT2D eigenvalue weighted by Gasteiger charge is -2.18. The van der Waals surface area contributed by atoms with Crippen LogP contribution in [0.15, 0.2) is 0 Å². The van der Waals surface area contributed by atoms with E-state index in [1.807, 2.05) is 0 Å². The van der Waals surface area contributed by atoms with Gasteiger partial charge in [0, 0.05) is 6.04 Å². The first-order valence-electron chi connectivity index (χ1n) is 8.91. The largest absolute Gasteiger partial charge is 0.468 e. The molecule has 0 aliphatic heterocycles. The molecule has 2 unspecified atom stereocenters. The Morgan fingerprint density at radius 2 is 1.41 bits per heavy atom. The number of carbonyl (C=O) groups is 1. The number of esters is 1. The molecule has 2 N–H and O–H groups in total. The second-order valence-corrected chi connectivity index (χ2v) is 7.20. The Labute approximate surface area is 137 Å². The lowest BCUT2D eigenvalue weighted by Crippen LogP contribution is -2.39.